The second-order valence-corrected chi connectivity index (χ2v) is 15.3. The number of benzene rings is 2. The van der Waals surface area contributed by atoms with Gasteiger partial charge >= 0.3 is 6.09 Å². The van der Waals surface area contributed by atoms with Crippen LogP contribution in [0, 0.1) is 0 Å². The van der Waals surface area contributed by atoms with Gasteiger partial charge in [-0.1, -0.05) is 24.3 Å². The van der Waals surface area contributed by atoms with Gasteiger partial charge in [-0.3, -0.25) is 0 Å². The molecule has 14 atom stereocenters. The summed E-state index contributed by atoms with van der Waals surface area (Å²) in [5.74, 6) is 1.20. The molecule has 20 heteroatoms. The molecule has 0 aliphatic carbocycles. The van der Waals surface area contributed by atoms with Gasteiger partial charge in [0.1, 0.15) is 72.0 Å². The Morgan fingerprint density at radius 1 is 0.729 bits per heavy atom. The zero-order chi connectivity index (χ0) is 43.4. The SMILES string of the molecule is COc1ccc(CNC2[C@H](O[C@H]3C(CO)O[C@@H](O[C@@H](C(O)CO)[C@H](O)C(CO)NC(=O)OC(C)(C)C)C(NCc4ccc(OC)cc4)[C@H]3O)OC(CO)[C@H](O)[C@@H]2O)cc1. The fourth-order valence-electron chi connectivity index (χ4n) is 6.68. The molecule has 2 saturated heterocycles. The highest BCUT2D eigenvalue weighted by Crippen LogP contribution is 2.31. The van der Waals surface area contributed by atoms with Crippen molar-refractivity contribution >= 4 is 6.09 Å². The number of aliphatic hydroxyl groups is 9. The Labute approximate surface area is 342 Å². The molecule has 2 fully saturated rings. The average molecular weight is 844 g/mol. The molecule has 0 saturated carbocycles. The second-order valence-electron chi connectivity index (χ2n) is 15.3. The van der Waals surface area contributed by atoms with Crippen LogP contribution in [0.25, 0.3) is 0 Å². The number of amides is 1. The number of alkyl carbamates (subject to hydrolysis) is 1. The maximum Gasteiger partial charge on any atom is 0.408 e. The minimum atomic E-state index is -1.91. The van der Waals surface area contributed by atoms with E-state index in [1.807, 2.05) is 0 Å². The van der Waals surface area contributed by atoms with E-state index in [0.717, 1.165) is 5.56 Å². The molecule has 2 aromatic carbocycles. The Hall–Kier alpha value is -3.29. The fourth-order valence-corrected chi connectivity index (χ4v) is 6.68. The molecule has 2 aromatic rings. The van der Waals surface area contributed by atoms with E-state index in [-0.39, 0.29) is 13.1 Å². The second kappa shape index (κ2) is 22.5. The van der Waals surface area contributed by atoms with Crippen LogP contribution >= 0.6 is 0 Å². The van der Waals surface area contributed by atoms with E-state index in [2.05, 4.69) is 16.0 Å². The maximum atomic E-state index is 12.6. The zero-order valence-corrected chi connectivity index (χ0v) is 33.7. The summed E-state index contributed by atoms with van der Waals surface area (Å²) in [5, 5.41) is 106. The molecular weight excluding hydrogens is 782 g/mol. The van der Waals surface area contributed by atoms with E-state index in [1.165, 1.54) is 14.2 Å². The number of hydrogen-bond donors (Lipinski definition) is 12. The standard InChI is InChI=1S/C39H61N3O17/c1-39(2,3)59-38(52)42-24(16-43)30(48)34(25(47)17-44)57-37-29(41-15-21-8-12-23(54-5)13-9-21)33(51)35(27(19-46)56-37)58-36-28(32(50)31(49)26(18-45)55-36)40-14-20-6-10-22(53-4)11-7-20/h6-13,24-37,40-41,43-51H,14-19H2,1-5H3,(H,42,52)/t24?,25?,26?,27?,28?,29?,30-,31+,32-,33-,34+,35+,36+,37+/m1/s1. The first-order chi connectivity index (χ1) is 28.1. The van der Waals surface area contributed by atoms with Gasteiger partial charge in [0.2, 0.25) is 0 Å². The summed E-state index contributed by atoms with van der Waals surface area (Å²) >= 11 is 0. The zero-order valence-electron chi connectivity index (χ0n) is 33.7. The predicted octanol–water partition coefficient (Wildman–Crippen LogP) is -2.79. The van der Waals surface area contributed by atoms with Gasteiger partial charge < -0.3 is 95.1 Å². The molecular formula is C39H61N3O17. The minimum absolute atomic E-state index is 0.0597. The molecule has 2 heterocycles. The van der Waals surface area contributed by atoms with Gasteiger partial charge in [0.15, 0.2) is 12.6 Å². The molecule has 6 unspecified atom stereocenters. The van der Waals surface area contributed by atoms with Crippen LogP contribution in [0.15, 0.2) is 48.5 Å². The number of carbonyl (C=O) groups excluding carboxylic acids is 1. The van der Waals surface area contributed by atoms with Gasteiger partial charge in [-0.25, -0.2) is 4.79 Å². The predicted molar refractivity (Wildman–Crippen MR) is 206 cm³/mol. The number of aliphatic hydroxyl groups excluding tert-OH is 9. The maximum absolute atomic E-state index is 12.6. The first-order valence-corrected chi connectivity index (χ1v) is 19.3. The van der Waals surface area contributed by atoms with E-state index in [4.69, 9.17) is 33.2 Å². The highest BCUT2D eigenvalue weighted by molar-refractivity contribution is 5.68. The van der Waals surface area contributed by atoms with Crippen LogP contribution < -0.4 is 25.4 Å². The Morgan fingerprint density at radius 2 is 1.24 bits per heavy atom. The molecule has 0 bridgehead atoms. The third-order valence-electron chi connectivity index (χ3n) is 9.93. The minimum Gasteiger partial charge on any atom is -0.497 e. The lowest BCUT2D eigenvalue weighted by Crippen LogP contribution is -2.69. The lowest BCUT2D eigenvalue weighted by Gasteiger charge is -2.49. The van der Waals surface area contributed by atoms with Crippen molar-refractivity contribution in [3.8, 4) is 11.5 Å². The van der Waals surface area contributed by atoms with E-state index < -0.39 is 124 Å². The van der Waals surface area contributed by atoms with Crippen LogP contribution in [0.5, 0.6) is 11.5 Å². The van der Waals surface area contributed by atoms with Gasteiger partial charge in [0.25, 0.3) is 0 Å². The number of ether oxygens (including phenoxy) is 7. The van der Waals surface area contributed by atoms with Crippen molar-refractivity contribution in [2.24, 2.45) is 0 Å². The molecule has 334 valence electrons. The Balaban J connectivity index is 1.64. The summed E-state index contributed by atoms with van der Waals surface area (Å²) in [6.45, 7) is 1.71. The van der Waals surface area contributed by atoms with Crippen molar-refractivity contribution in [3.63, 3.8) is 0 Å². The molecule has 1 amide bonds. The lowest BCUT2D eigenvalue weighted by atomic mass is 9.94. The topological polar surface area (TPSA) is 300 Å². The normalized spacial score (nSPS) is 29.5. The molecule has 0 radical (unpaired) electrons. The average Bonchev–Trinajstić information content (AvgIpc) is 3.22. The fraction of sp³-hybridized carbons (Fsp3) is 0.667. The van der Waals surface area contributed by atoms with Crippen LogP contribution in [0.2, 0.25) is 0 Å². The number of nitrogens with one attached hydrogen (secondary N) is 3. The third-order valence-corrected chi connectivity index (χ3v) is 9.93. The molecule has 2 aliphatic rings. The van der Waals surface area contributed by atoms with Crippen LogP contribution in [0.3, 0.4) is 0 Å². The van der Waals surface area contributed by atoms with Crippen LogP contribution in [0.1, 0.15) is 31.9 Å². The molecule has 20 nitrogen and oxygen atoms in total. The molecule has 2 aliphatic heterocycles. The third kappa shape index (κ3) is 13.1. The molecule has 59 heavy (non-hydrogen) atoms. The van der Waals surface area contributed by atoms with Crippen molar-refractivity contribution in [1.29, 1.82) is 0 Å². The van der Waals surface area contributed by atoms with Crippen molar-refractivity contribution < 1.29 is 83.9 Å². The Bertz CT molecular complexity index is 1540. The van der Waals surface area contributed by atoms with Crippen molar-refractivity contribution in [3.05, 3.63) is 59.7 Å². The summed E-state index contributed by atoms with van der Waals surface area (Å²) in [6.07, 6.45) is -18.6. The van der Waals surface area contributed by atoms with Gasteiger partial charge in [-0.15, -0.1) is 0 Å². The summed E-state index contributed by atoms with van der Waals surface area (Å²) in [6, 6.07) is 9.97. The van der Waals surface area contributed by atoms with E-state index in [0.29, 0.717) is 17.1 Å². The van der Waals surface area contributed by atoms with E-state index in [9.17, 15) is 50.8 Å². The lowest BCUT2D eigenvalue weighted by molar-refractivity contribution is -0.343. The first-order valence-electron chi connectivity index (χ1n) is 19.3. The molecule has 0 aromatic heterocycles. The number of rotatable bonds is 20. The quantitative estimate of drug-likeness (QED) is 0.0641. The highest BCUT2D eigenvalue weighted by Gasteiger charge is 2.52. The Morgan fingerprint density at radius 3 is 1.69 bits per heavy atom. The van der Waals surface area contributed by atoms with Gasteiger partial charge in [-0.2, -0.15) is 0 Å². The molecule has 0 spiro atoms. The molecule has 4 rings (SSSR count). The van der Waals surface area contributed by atoms with Crippen LogP contribution in [0.4, 0.5) is 4.79 Å². The van der Waals surface area contributed by atoms with Crippen molar-refractivity contribution in [1.82, 2.24) is 16.0 Å². The van der Waals surface area contributed by atoms with Gasteiger partial charge in [-0.05, 0) is 56.2 Å². The summed E-state index contributed by atoms with van der Waals surface area (Å²) in [4.78, 5) is 12.6. The van der Waals surface area contributed by atoms with Crippen molar-refractivity contribution in [2.45, 2.75) is 125 Å². The van der Waals surface area contributed by atoms with Crippen LogP contribution in [-0.4, -0.2) is 184 Å². The van der Waals surface area contributed by atoms with Crippen molar-refractivity contribution in [2.75, 3.05) is 40.6 Å². The summed E-state index contributed by atoms with van der Waals surface area (Å²) in [7, 11) is 3.04. The largest absolute Gasteiger partial charge is 0.497 e. The number of methoxy groups -OCH3 is 2. The van der Waals surface area contributed by atoms with Crippen LogP contribution in [-0.2, 0) is 36.8 Å². The summed E-state index contributed by atoms with van der Waals surface area (Å²) < 4.78 is 40.1. The Kier molecular flexibility index (Phi) is 18.5. The van der Waals surface area contributed by atoms with E-state index in [1.54, 1.807) is 69.3 Å². The monoisotopic (exact) mass is 843 g/mol. The number of hydrogen-bond acceptors (Lipinski definition) is 19. The van der Waals surface area contributed by atoms with Gasteiger partial charge in [0.05, 0.1) is 58.8 Å². The smallest absolute Gasteiger partial charge is 0.408 e. The summed E-state index contributed by atoms with van der Waals surface area (Å²) in [5.41, 5.74) is 0.530. The molecule has 12 N–H and O–H groups in total. The van der Waals surface area contributed by atoms with E-state index >= 15 is 0 Å². The first kappa shape index (κ1) is 48.4. The number of carbonyl (C=O) groups is 1. The van der Waals surface area contributed by atoms with Gasteiger partial charge in [0, 0.05) is 13.1 Å². The highest BCUT2D eigenvalue weighted by atomic mass is 16.7.